The van der Waals surface area contributed by atoms with E-state index in [1.807, 2.05) is 31.5 Å². The normalized spacial score (nSPS) is 23.5. The van der Waals surface area contributed by atoms with Crippen molar-refractivity contribution in [1.29, 1.82) is 5.41 Å². The molecule has 12 heteroatoms. The molecule has 5 heterocycles. The Labute approximate surface area is 428 Å². The fourth-order valence-corrected chi connectivity index (χ4v) is 12.5. The molecule has 2 fully saturated rings. The number of amides is 1. The molecule has 1 amide bonds. The molecule has 6 bridgehead atoms. The average molecular weight is 985 g/mol. The van der Waals surface area contributed by atoms with Gasteiger partial charge in [0.1, 0.15) is 12.2 Å². The van der Waals surface area contributed by atoms with Gasteiger partial charge < -0.3 is 30.1 Å². The number of esters is 1. The molecular formula is C60H81FN6O5. The molecule has 3 N–H and O–H groups in total. The first-order chi connectivity index (χ1) is 34.6. The van der Waals surface area contributed by atoms with Gasteiger partial charge in [-0.1, -0.05) is 51.8 Å². The number of benzene rings is 2. The Morgan fingerprint density at radius 1 is 1.07 bits per heavy atom. The zero-order valence-corrected chi connectivity index (χ0v) is 44.4. The van der Waals surface area contributed by atoms with Crippen LogP contribution in [-0.2, 0) is 43.2 Å². The van der Waals surface area contributed by atoms with Crippen LogP contribution in [0.25, 0.3) is 33.3 Å². The predicted octanol–water partition coefficient (Wildman–Crippen LogP) is 12.1. The number of ketones is 1. The zero-order chi connectivity index (χ0) is 51.3. The van der Waals surface area contributed by atoms with Crippen molar-refractivity contribution < 1.29 is 28.2 Å². The minimum Gasteiger partial charge on any atom is -0.464 e. The first kappa shape index (κ1) is 53.1. The summed E-state index contributed by atoms with van der Waals surface area (Å²) in [4.78, 5) is 51.4. The lowest BCUT2D eigenvalue weighted by Crippen LogP contribution is -2.54. The SMILES string of the molecule is CCn1c(-c2cc(C)cnc2[C@H](C)OC)c2c3cc(ccc31)-c1cc(cc(C(C)F)c1)C[C@H](NC(=O)[C@H](C1CCCC1)N1CC[C@](CC)(CCCC=N)C1)C(=O)CC1=CN[C@@H](CCC1)C(=O)OCC(C)(C)C2. The summed E-state index contributed by atoms with van der Waals surface area (Å²) in [7, 11) is 1.70. The number of aromatic nitrogens is 2. The molecule has 2 aromatic heterocycles. The second-order valence-electron chi connectivity index (χ2n) is 22.6. The van der Waals surface area contributed by atoms with E-state index in [4.69, 9.17) is 19.9 Å². The van der Waals surface area contributed by atoms with E-state index in [1.165, 1.54) is 6.21 Å². The minimum atomic E-state index is -1.28. The number of rotatable bonds is 14. The number of hydrogen-bond donors (Lipinski definition) is 3. The number of likely N-dealkylation sites (tertiary alicyclic amines) is 1. The number of cyclic esters (lactones) is 1. The molecule has 4 aliphatic rings. The lowest BCUT2D eigenvalue weighted by molar-refractivity contribution is -0.149. The van der Waals surface area contributed by atoms with Crippen molar-refractivity contribution >= 4 is 34.8 Å². The quantitative estimate of drug-likeness (QED) is 0.0645. The number of hydrogen-bond acceptors (Lipinski definition) is 9. The molecule has 72 heavy (non-hydrogen) atoms. The number of aryl methyl sites for hydroxylation is 2. The van der Waals surface area contributed by atoms with Crippen LogP contribution in [0.5, 0.6) is 0 Å². The summed E-state index contributed by atoms with van der Waals surface area (Å²) in [5.74, 6) is -0.333. The number of carbonyl (C=O) groups excluding carboxylic acids is 3. The van der Waals surface area contributed by atoms with E-state index >= 15 is 9.18 Å². The first-order valence-corrected chi connectivity index (χ1v) is 27.2. The van der Waals surface area contributed by atoms with Gasteiger partial charge in [0.15, 0.2) is 5.78 Å². The van der Waals surface area contributed by atoms with Gasteiger partial charge in [0.05, 0.1) is 36.2 Å². The fourth-order valence-electron chi connectivity index (χ4n) is 12.5. The number of unbranched alkanes of at least 4 members (excludes halogenated alkanes) is 1. The van der Waals surface area contributed by atoms with E-state index in [-0.39, 0.29) is 60.6 Å². The van der Waals surface area contributed by atoms with Gasteiger partial charge in [-0.15, -0.1) is 0 Å². The molecule has 6 atom stereocenters. The molecule has 0 radical (unpaired) electrons. The molecule has 2 aromatic carbocycles. The summed E-state index contributed by atoms with van der Waals surface area (Å²) < 4.78 is 30.3. The Morgan fingerprint density at radius 3 is 2.58 bits per heavy atom. The molecule has 4 aromatic rings. The van der Waals surface area contributed by atoms with Crippen LogP contribution in [0, 0.1) is 29.1 Å². The second kappa shape index (κ2) is 22.9. The molecule has 1 saturated heterocycles. The summed E-state index contributed by atoms with van der Waals surface area (Å²) in [5, 5.41) is 15.4. The summed E-state index contributed by atoms with van der Waals surface area (Å²) in [5.41, 5.74) is 9.57. The van der Waals surface area contributed by atoms with Crippen molar-refractivity contribution in [3.63, 3.8) is 0 Å². The number of nitrogens with zero attached hydrogens (tertiary/aromatic N) is 3. The highest BCUT2D eigenvalue weighted by Crippen LogP contribution is 2.44. The van der Waals surface area contributed by atoms with Crippen molar-refractivity contribution in [3.05, 3.63) is 88.4 Å². The third kappa shape index (κ3) is 11.8. The number of alkyl halides is 1. The van der Waals surface area contributed by atoms with Crippen molar-refractivity contribution in [3.8, 4) is 22.4 Å². The number of nitrogens with one attached hydrogen (secondary N) is 3. The topological polar surface area (TPSA) is 139 Å². The lowest BCUT2D eigenvalue weighted by atomic mass is 9.79. The van der Waals surface area contributed by atoms with E-state index in [2.05, 4.69) is 85.1 Å². The molecule has 1 unspecified atom stereocenters. The maximum Gasteiger partial charge on any atom is 0.328 e. The molecule has 11 nitrogen and oxygen atoms in total. The molecule has 0 spiro atoms. The number of ether oxygens (including phenoxy) is 2. The number of fused-ring (bicyclic) bond motifs is 6. The van der Waals surface area contributed by atoms with Crippen LogP contribution in [0.1, 0.15) is 165 Å². The van der Waals surface area contributed by atoms with Gasteiger partial charge in [-0.2, -0.15) is 0 Å². The number of carbonyl (C=O) groups is 3. The average Bonchev–Trinajstić information content (AvgIpc) is 4.07. The third-order valence-electron chi connectivity index (χ3n) is 16.7. The Kier molecular flexibility index (Phi) is 16.9. The van der Waals surface area contributed by atoms with E-state index in [0.717, 1.165) is 132 Å². The highest BCUT2D eigenvalue weighted by Gasteiger charge is 2.45. The van der Waals surface area contributed by atoms with Crippen LogP contribution in [0.15, 0.2) is 60.4 Å². The second-order valence-corrected chi connectivity index (χ2v) is 22.6. The van der Waals surface area contributed by atoms with Crippen LogP contribution < -0.4 is 10.6 Å². The highest BCUT2D eigenvalue weighted by molar-refractivity contribution is 5.96. The van der Waals surface area contributed by atoms with Gasteiger partial charge in [-0.25, -0.2) is 9.18 Å². The van der Waals surface area contributed by atoms with Gasteiger partial charge in [-0.05, 0) is 198 Å². The first-order valence-electron chi connectivity index (χ1n) is 27.2. The minimum absolute atomic E-state index is 0.0984. The smallest absolute Gasteiger partial charge is 0.328 e. The van der Waals surface area contributed by atoms with Gasteiger partial charge in [0.25, 0.3) is 0 Å². The Morgan fingerprint density at radius 2 is 1.86 bits per heavy atom. The number of Topliss-reactive ketones (excluding diaryl/α,β-unsaturated/α-hetero) is 1. The van der Waals surface area contributed by atoms with Crippen molar-refractivity contribution in [2.45, 2.75) is 182 Å². The molecule has 388 valence electrons. The van der Waals surface area contributed by atoms with Crippen LogP contribution in [0.3, 0.4) is 0 Å². The van der Waals surface area contributed by atoms with Crippen LogP contribution in [0.4, 0.5) is 4.39 Å². The van der Waals surface area contributed by atoms with E-state index in [0.29, 0.717) is 37.8 Å². The Bertz CT molecular complexity index is 2650. The maximum atomic E-state index is 15.8. The van der Waals surface area contributed by atoms with Crippen molar-refractivity contribution in [1.82, 2.24) is 25.1 Å². The Hall–Kier alpha value is -5.20. The van der Waals surface area contributed by atoms with Crippen molar-refractivity contribution in [2.75, 3.05) is 26.8 Å². The molecule has 1 saturated carbocycles. The van der Waals surface area contributed by atoms with E-state index < -0.39 is 23.7 Å². The Balaban J connectivity index is 1.25. The molecule has 8 rings (SSSR count). The summed E-state index contributed by atoms with van der Waals surface area (Å²) in [6, 6.07) is 12.7. The fraction of sp³-hybridized carbons (Fsp3) is 0.583. The monoisotopic (exact) mass is 985 g/mol. The maximum absolute atomic E-state index is 15.8. The molecular weight excluding hydrogens is 904 g/mol. The number of pyridine rings is 1. The number of halogens is 1. The van der Waals surface area contributed by atoms with Gasteiger partial charge >= 0.3 is 5.97 Å². The standard InChI is InChI=1S/C60H81FN6O5/c1-9-60(22-13-14-24-62)23-25-66(36-60)55(43-17-11-12-18-43)57(69)65-51-29-42-27-45(39(4)61)31-46(28-42)44-20-21-52-47(32-44)49(56(67(52)10-2)48-26-38(3)34-64-54(48)40(5)71-8)33-59(6,7)37-72-58(70)50-19-15-16-41(35-63-50)30-53(51)68/h20-21,24,26-28,31-32,34-35,39-40,43,50-51,55,62-63H,9-19,22-23,25,29-30,33,36-37H2,1-8H3,(H,65,69)/t39?,40-,50-,51-,55-,60-/m0/s1. The highest BCUT2D eigenvalue weighted by atomic mass is 19.1. The zero-order valence-electron chi connectivity index (χ0n) is 44.4. The predicted molar refractivity (Wildman–Crippen MR) is 286 cm³/mol. The molecule has 1 aliphatic carbocycles. The van der Waals surface area contributed by atoms with Crippen molar-refractivity contribution in [2.24, 2.45) is 16.7 Å². The van der Waals surface area contributed by atoms with Gasteiger partial charge in [-0.3, -0.25) is 19.5 Å². The van der Waals surface area contributed by atoms with E-state index in [9.17, 15) is 9.59 Å². The summed E-state index contributed by atoms with van der Waals surface area (Å²) in [6.07, 6.45) is 15.3. The van der Waals surface area contributed by atoms with Crippen LogP contribution in [0.2, 0.25) is 0 Å². The summed E-state index contributed by atoms with van der Waals surface area (Å²) >= 11 is 0. The van der Waals surface area contributed by atoms with Gasteiger partial charge in [0.2, 0.25) is 5.91 Å². The number of methoxy groups -OCH3 is 1. The lowest BCUT2D eigenvalue weighted by Gasteiger charge is -2.35. The van der Waals surface area contributed by atoms with E-state index in [1.54, 1.807) is 14.0 Å². The third-order valence-corrected chi connectivity index (χ3v) is 16.7. The summed E-state index contributed by atoms with van der Waals surface area (Å²) in [6.45, 7) is 16.8. The van der Waals surface area contributed by atoms with Crippen LogP contribution >= 0.6 is 0 Å². The largest absolute Gasteiger partial charge is 0.464 e. The molecule has 3 aliphatic heterocycles. The van der Waals surface area contributed by atoms with Crippen LogP contribution in [-0.4, -0.2) is 83.3 Å². The number of allylic oxidation sites excluding steroid dienone is 1. The van der Waals surface area contributed by atoms with Gasteiger partial charge in [0, 0.05) is 54.7 Å².